The van der Waals surface area contributed by atoms with E-state index in [1.54, 1.807) is 23.0 Å². The van der Waals surface area contributed by atoms with Crippen molar-refractivity contribution in [3.05, 3.63) is 24.5 Å². The van der Waals surface area contributed by atoms with Gasteiger partial charge in [-0.3, -0.25) is 0 Å². The van der Waals surface area contributed by atoms with E-state index in [9.17, 15) is 0 Å². The molecule has 0 bridgehead atoms. The predicted octanol–water partition coefficient (Wildman–Crippen LogP) is 0.144. The van der Waals surface area contributed by atoms with Crippen molar-refractivity contribution in [2.75, 3.05) is 18.9 Å². The van der Waals surface area contributed by atoms with Crippen LogP contribution < -0.4 is 5.73 Å². The summed E-state index contributed by atoms with van der Waals surface area (Å²) in [4.78, 5) is 4.16. The van der Waals surface area contributed by atoms with Gasteiger partial charge in [0.1, 0.15) is 0 Å². The fourth-order valence-electron chi connectivity index (χ4n) is 1.57. The summed E-state index contributed by atoms with van der Waals surface area (Å²) in [6, 6.07) is 5.01. The first-order valence-corrected chi connectivity index (χ1v) is 4.70. The lowest BCUT2D eigenvalue weighted by Crippen LogP contribution is -2.16. The van der Waals surface area contributed by atoms with Crippen molar-refractivity contribution >= 4 is 16.7 Å². The molecule has 0 saturated heterocycles. The number of aliphatic hydroxyl groups is 2. The molecule has 0 fully saturated rings. The van der Waals surface area contributed by atoms with Gasteiger partial charge in [0, 0.05) is 5.69 Å². The van der Waals surface area contributed by atoms with Gasteiger partial charge in [0.05, 0.1) is 36.6 Å². The minimum Gasteiger partial charge on any atom is -0.399 e. The van der Waals surface area contributed by atoms with Crippen LogP contribution in [0.2, 0.25) is 0 Å². The largest absolute Gasteiger partial charge is 0.399 e. The smallest absolute Gasteiger partial charge is 0.0962 e. The molecule has 5 heteroatoms. The summed E-state index contributed by atoms with van der Waals surface area (Å²) in [7, 11) is 0. The first kappa shape index (κ1) is 9.95. The van der Waals surface area contributed by atoms with Crippen LogP contribution in [-0.4, -0.2) is 33.0 Å². The quantitative estimate of drug-likeness (QED) is 0.625. The number of fused-ring (bicyclic) bond motifs is 1. The molecule has 0 spiro atoms. The molecule has 1 aromatic carbocycles. The average Bonchev–Trinajstić information content (AvgIpc) is 2.63. The molecule has 0 aliphatic heterocycles. The zero-order valence-corrected chi connectivity index (χ0v) is 8.17. The maximum atomic E-state index is 9.08. The first-order valence-electron chi connectivity index (χ1n) is 4.70. The molecule has 1 heterocycles. The highest BCUT2D eigenvalue weighted by atomic mass is 16.3. The van der Waals surface area contributed by atoms with Gasteiger partial charge in [-0.2, -0.15) is 0 Å². The normalized spacial score (nSPS) is 11.4. The van der Waals surface area contributed by atoms with Crippen LogP contribution in [0.1, 0.15) is 6.04 Å². The van der Waals surface area contributed by atoms with Crippen LogP contribution in [-0.2, 0) is 0 Å². The van der Waals surface area contributed by atoms with Gasteiger partial charge in [-0.15, -0.1) is 0 Å². The van der Waals surface area contributed by atoms with Crippen LogP contribution in [0.5, 0.6) is 0 Å². The molecule has 2 aromatic rings. The maximum Gasteiger partial charge on any atom is 0.0962 e. The SMILES string of the molecule is Nc1ccc2c(c1)ncn2C(CO)CO. The van der Waals surface area contributed by atoms with Crippen molar-refractivity contribution in [3.8, 4) is 0 Å². The monoisotopic (exact) mass is 207 g/mol. The summed E-state index contributed by atoms with van der Waals surface area (Å²) in [5, 5.41) is 18.2. The topological polar surface area (TPSA) is 84.3 Å². The van der Waals surface area contributed by atoms with E-state index in [0.717, 1.165) is 11.0 Å². The molecule has 0 aliphatic rings. The molecule has 4 N–H and O–H groups in total. The van der Waals surface area contributed by atoms with E-state index < -0.39 is 0 Å². The van der Waals surface area contributed by atoms with Crippen LogP contribution in [0.25, 0.3) is 11.0 Å². The highest BCUT2D eigenvalue weighted by molar-refractivity contribution is 5.79. The van der Waals surface area contributed by atoms with E-state index >= 15 is 0 Å². The number of aliphatic hydroxyl groups excluding tert-OH is 2. The third kappa shape index (κ3) is 1.67. The average molecular weight is 207 g/mol. The number of nitrogens with two attached hydrogens (primary N) is 1. The molecule has 2 rings (SSSR count). The summed E-state index contributed by atoms with van der Waals surface area (Å²) < 4.78 is 1.74. The number of benzene rings is 1. The van der Waals surface area contributed by atoms with Crippen molar-refractivity contribution in [1.82, 2.24) is 9.55 Å². The lowest BCUT2D eigenvalue weighted by atomic mass is 10.2. The van der Waals surface area contributed by atoms with Crippen molar-refractivity contribution in [1.29, 1.82) is 0 Å². The molecule has 0 atom stereocenters. The lowest BCUT2D eigenvalue weighted by Gasteiger charge is -2.13. The van der Waals surface area contributed by atoms with Crippen LogP contribution in [0.3, 0.4) is 0 Å². The molecule has 80 valence electrons. The van der Waals surface area contributed by atoms with E-state index in [4.69, 9.17) is 15.9 Å². The van der Waals surface area contributed by atoms with Gasteiger partial charge in [-0.1, -0.05) is 0 Å². The summed E-state index contributed by atoms with van der Waals surface area (Å²) in [5.74, 6) is 0. The number of rotatable bonds is 3. The van der Waals surface area contributed by atoms with E-state index in [0.29, 0.717) is 5.69 Å². The van der Waals surface area contributed by atoms with Crippen molar-refractivity contribution in [2.24, 2.45) is 0 Å². The Kier molecular flexibility index (Phi) is 2.57. The highest BCUT2D eigenvalue weighted by Gasteiger charge is 2.11. The molecule has 1 aromatic heterocycles. The Hall–Kier alpha value is -1.59. The number of nitrogens with zero attached hydrogens (tertiary/aromatic N) is 2. The predicted molar refractivity (Wildman–Crippen MR) is 57.4 cm³/mol. The molecular formula is C10H13N3O2. The Labute approximate surface area is 86.8 Å². The maximum absolute atomic E-state index is 9.08. The molecule has 0 aliphatic carbocycles. The molecular weight excluding hydrogens is 194 g/mol. The van der Waals surface area contributed by atoms with Gasteiger partial charge < -0.3 is 20.5 Å². The van der Waals surface area contributed by atoms with Gasteiger partial charge in [-0.25, -0.2) is 4.98 Å². The molecule has 15 heavy (non-hydrogen) atoms. The molecule has 0 radical (unpaired) electrons. The molecule has 5 nitrogen and oxygen atoms in total. The zero-order valence-electron chi connectivity index (χ0n) is 8.17. The van der Waals surface area contributed by atoms with Crippen molar-refractivity contribution in [2.45, 2.75) is 6.04 Å². The number of aromatic nitrogens is 2. The lowest BCUT2D eigenvalue weighted by molar-refractivity contribution is 0.157. The minimum atomic E-state index is -0.348. The number of hydrogen-bond donors (Lipinski definition) is 3. The van der Waals surface area contributed by atoms with Gasteiger partial charge in [-0.05, 0) is 18.2 Å². The number of anilines is 1. The van der Waals surface area contributed by atoms with Gasteiger partial charge in [0.15, 0.2) is 0 Å². The zero-order chi connectivity index (χ0) is 10.8. The fraction of sp³-hybridized carbons (Fsp3) is 0.300. The van der Waals surface area contributed by atoms with Crippen LogP contribution in [0.15, 0.2) is 24.5 Å². The summed E-state index contributed by atoms with van der Waals surface area (Å²) in [6.45, 7) is -0.237. The van der Waals surface area contributed by atoms with E-state index in [2.05, 4.69) is 4.98 Å². The molecule has 0 amide bonds. The van der Waals surface area contributed by atoms with Crippen molar-refractivity contribution in [3.63, 3.8) is 0 Å². The minimum absolute atomic E-state index is 0.119. The number of nitrogen functional groups attached to an aromatic ring is 1. The Morgan fingerprint density at radius 3 is 2.73 bits per heavy atom. The first-order chi connectivity index (χ1) is 7.26. The summed E-state index contributed by atoms with van der Waals surface area (Å²) >= 11 is 0. The van der Waals surface area contributed by atoms with Crippen LogP contribution in [0, 0.1) is 0 Å². The van der Waals surface area contributed by atoms with E-state index in [1.165, 1.54) is 0 Å². The van der Waals surface area contributed by atoms with Gasteiger partial charge in [0.2, 0.25) is 0 Å². The second-order valence-corrected chi connectivity index (χ2v) is 3.42. The third-order valence-corrected chi connectivity index (χ3v) is 2.41. The van der Waals surface area contributed by atoms with Gasteiger partial charge >= 0.3 is 0 Å². The Balaban J connectivity index is 2.53. The highest BCUT2D eigenvalue weighted by Crippen LogP contribution is 2.19. The third-order valence-electron chi connectivity index (χ3n) is 2.41. The molecule has 0 unspecified atom stereocenters. The Morgan fingerprint density at radius 2 is 2.07 bits per heavy atom. The second kappa shape index (κ2) is 3.88. The summed E-state index contributed by atoms with van der Waals surface area (Å²) in [5.41, 5.74) is 7.90. The number of hydrogen-bond acceptors (Lipinski definition) is 4. The van der Waals surface area contributed by atoms with Crippen LogP contribution in [0.4, 0.5) is 5.69 Å². The molecule has 0 saturated carbocycles. The van der Waals surface area contributed by atoms with Crippen LogP contribution >= 0.6 is 0 Å². The van der Waals surface area contributed by atoms with E-state index in [1.807, 2.05) is 6.07 Å². The fourth-order valence-corrected chi connectivity index (χ4v) is 1.57. The second-order valence-electron chi connectivity index (χ2n) is 3.42. The Bertz CT molecular complexity index is 463. The Morgan fingerprint density at radius 1 is 1.33 bits per heavy atom. The van der Waals surface area contributed by atoms with Crippen molar-refractivity contribution < 1.29 is 10.2 Å². The van der Waals surface area contributed by atoms with Gasteiger partial charge in [0.25, 0.3) is 0 Å². The number of imidazole rings is 1. The summed E-state index contributed by atoms with van der Waals surface area (Å²) in [6.07, 6.45) is 1.60. The van der Waals surface area contributed by atoms with E-state index in [-0.39, 0.29) is 19.3 Å². The standard InChI is InChI=1S/C10H13N3O2/c11-7-1-2-10-9(3-7)12-6-13(10)8(4-14)5-15/h1-3,6,8,14-15H,4-5,11H2.